The molecule has 4 nitrogen and oxygen atoms in total. The van der Waals surface area contributed by atoms with Crippen LogP contribution in [0.3, 0.4) is 0 Å². The van der Waals surface area contributed by atoms with Crippen LogP contribution in [0.15, 0.2) is 24.3 Å². The van der Waals surface area contributed by atoms with Crippen LogP contribution in [-0.4, -0.2) is 35.3 Å². The Morgan fingerprint density at radius 2 is 1.85 bits per heavy atom. The smallest absolute Gasteiger partial charge is 0.225 e. The van der Waals surface area contributed by atoms with Crippen molar-refractivity contribution in [2.45, 2.75) is 69.2 Å². The Morgan fingerprint density at radius 3 is 2.44 bits per heavy atom. The van der Waals surface area contributed by atoms with Crippen molar-refractivity contribution in [1.82, 2.24) is 10.2 Å². The lowest BCUT2D eigenvalue weighted by Crippen LogP contribution is -2.56. The van der Waals surface area contributed by atoms with E-state index in [0.29, 0.717) is 18.2 Å². The summed E-state index contributed by atoms with van der Waals surface area (Å²) in [5.74, 6) is 1.21. The molecule has 4 aliphatic rings. The van der Waals surface area contributed by atoms with Crippen molar-refractivity contribution < 1.29 is 9.59 Å². The summed E-state index contributed by atoms with van der Waals surface area (Å²) in [6.45, 7) is 8.52. The zero-order chi connectivity index (χ0) is 19.0. The molecule has 144 valence electrons. The Balaban J connectivity index is 1.24. The molecule has 5 rings (SSSR count). The summed E-state index contributed by atoms with van der Waals surface area (Å²) in [5, 5.41) is 3.10. The van der Waals surface area contributed by atoms with E-state index in [2.05, 4.69) is 55.3 Å². The lowest BCUT2D eigenvalue weighted by molar-refractivity contribution is -0.141. The number of likely N-dealkylation sites (tertiary alicyclic amines) is 1. The maximum atomic E-state index is 13.0. The van der Waals surface area contributed by atoms with Gasteiger partial charge in [-0.05, 0) is 48.1 Å². The minimum atomic E-state index is -0.0550. The second-order valence-corrected chi connectivity index (χ2v) is 10.5. The number of hydrogen-bond donors (Lipinski definition) is 1. The van der Waals surface area contributed by atoms with Crippen molar-refractivity contribution in [2.24, 2.45) is 11.8 Å². The van der Waals surface area contributed by atoms with Crippen LogP contribution in [-0.2, 0) is 20.4 Å². The number of rotatable bonds is 2. The van der Waals surface area contributed by atoms with Crippen LogP contribution in [0.5, 0.6) is 0 Å². The minimum absolute atomic E-state index is 0.0550. The first-order chi connectivity index (χ1) is 12.7. The van der Waals surface area contributed by atoms with E-state index in [1.165, 1.54) is 17.5 Å². The van der Waals surface area contributed by atoms with Crippen molar-refractivity contribution in [1.29, 1.82) is 0 Å². The van der Waals surface area contributed by atoms with Gasteiger partial charge in [0.15, 0.2) is 0 Å². The number of benzene rings is 1. The highest BCUT2D eigenvalue weighted by atomic mass is 16.2. The summed E-state index contributed by atoms with van der Waals surface area (Å²) in [4.78, 5) is 26.6. The molecule has 4 fully saturated rings. The molecule has 4 heteroatoms. The van der Waals surface area contributed by atoms with Gasteiger partial charge in [-0.2, -0.15) is 0 Å². The second-order valence-electron chi connectivity index (χ2n) is 10.5. The molecule has 0 aromatic heterocycles. The van der Waals surface area contributed by atoms with Crippen molar-refractivity contribution in [3.63, 3.8) is 0 Å². The molecule has 2 amide bonds. The fourth-order valence-electron chi connectivity index (χ4n) is 5.80. The normalized spacial score (nSPS) is 37.1. The molecule has 1 aromatic rings. The van der Waals surface area contributed by atoms with Crippen LogP contribution < -0.4 is 5.32 Å². The van der Waals surface area contributed by atoms with Gasteiger partial charge in [0.1, 0.15) is 0 Å². The average Bonchev–Trinajstić information content (AvgIpc) is 2.96. The van der Waals surface area contributed by atoms with Crippen LogP contribution >= 0.6 is 0 Å². The predicted molar refractivity (Wildman–Crippen MR) is 104 cm³/mol. The molecular weight excluding hydrogens is 336 g/mol. The molecule has 27 heavy (non-hydrogen) atoms. The summed E-state index contributed by atoms with van der Waals surface area (Å²) in [5.41, 5.74) is 3.09. The molecule has 2 atom stereocenters. The van der Waals surface area contributed by atoms with Gasteiger partial charge in [0.2, 0.25) is 11.8 Å². The first-order valence-corrected chi connectivity index (χ1v) is 10.4. The van der Waals surface area contributed by atoms with Gasteiger partial charge in [-0.25, -0.2) is 0 Å². The Kier molecular flexibility index (Phi) is 3.43. The summed E-state index contributed by atoms with van der Waals surface area (Å²) >= 11 is 0. The van der Waals surface area contributed by atoms with Gasteiger partial charge in [0.25, 0.3) is 0 Å². The van der Waals surface area contributed by atoms with Crippen LogP contribution in [0, 0.1) is 11.8 Å². The standard InChI is InChI=1S/C23H30N2O2/c1-21(2,3)16-4-6-17(7-5-16)23-12-18(23)13-25(14-23)20(27)15-10-22(11-15)9-8-19(26)24-22/h4-7,15,18H,8-14H2,1-3H3,(H,24,26). The molecule has 2 unspecified atom stereocenters. The molecule has 2 aliphatic carbocycles. The Bertz CT molecular complexity index is 801. The molecular formula is C23H30N2O2. The third kappa shape index (κ3) is 2.63. The molecule has 2 saturated carbocycles. The molecule has 1 aromatic carbocycles. The number of amides is 2. The molecule has 2 aliphatic heterocycles. The van der Waals surface area contributed by atoms with Crippen LogP contribution in [0.4, 0.5) is 0 Å². The number of fused-ring (bicyclic) bond motifs is 1. The average molecular weight is 367 g/mol. The number of nitrogens with zero attached hydrogens (tertiary/aromatic N) is 1. The van der Waals surface area contributed by atoms with Crippen molar-refractivity contribution >= 4 is 11.8 Å². The highest BCUT2D eigenvalue weighted by Gasteiger charge is 2.63. The maximum Gasteiger partial charge on any atom is 0.225 e. The van der Waals surface area contributed by atoms with Crippen LogP contribution in [0.2, 0.25) is 0 Å². The summed E-state index contributed by atoms with van der Waals surface area (Å²) < 4.78 is 0. The van der Waals surface area contributed by atoms with E-state index in [9.17, 15) is 9.59 Å². The molecule has 0 radical (unpaired) electrons. The van der Waals surface area contributed by atoms with E-state index < -0.39 is 0 Å². The zero-order valence-corrected chi connectivity index (χ0v) is 16.7. The molecule has 1 spiro atoms. The maximum absolute atomic E-state index is 13.0. The van der Waals surface area contributed by atoms with E-state index in [1.54, 1.807) is 0 Å². The number of hydrogen-bond acceptors (Lipinski definition) is 2. The fourth-order valence-corrected chi connectivity index (χ4v) is 5.80. The first kappa shape index (κ1) is 17.3. The van der Waals surface area contributed by atoms with Gasteiger partial charge in [-0.1, -0.05) is 45.0 Å². The van der Waals surface area contributed by atoms with Crippen molar-refractivity contribution in [3.8, 4) is 0 Å². The SMILES string of the molecule is CC(C)(C)c1ccc(C23CC2CN(C(=O)C2CC4(CCC(=O)N4)C2)C3)cc1. The van der Waals surface area contributed by atoms with Crippen LogP contribution in [0.1, 0.15) is 64.0 Å². The fraction of sp³-hybridized carbons (Fsp3) is 0.652. The van der Waals surface area contributed by atoms with E-state index in [-0.39, 0.29) is 28.2 Å². The van der Waals surface area contributed by atoms with E-state index in [1.807, 2.05) is 0 Å². The van der Waals surface area contributed by atoms with Gasteiger partial charge in [0.05, 0.1) is 0 Å². The quantitative estimate of drug-likeness (QED) is 0.874. The highest BCUT2D eigenvalue weighted by molar-refractivity contribution is 5.84. The topological polar surface area (TPSA) is 49.4 Å². The van der Waals surface area contributed by atoms with Crippen LogP contribution in [0.25, 0.3) is 0 Å². The number of piperidine rings is 1. The van der Waals surface area contributed by atoms with Gasteiger partial charge in [0, 0.05) is 36.4 Å². The van der Waals surface area contributed by atoms with E-state index in [0.717, 1.165) is 32.4 Å². The molecule has 2 saturated heterocycles. The Hall–Kier alpha value is -1.84. The Labute approximate surface area is 161 Å². The van der Waals surface area contributed by atoms with Crippen molar-refractivity contribution in [3.05, 3.63) is 35.4 Å². The summed E-state index contributed by atoms with van der Waals surface area (Å²) in [6, 6.07) is 9.12. The number of nitrogens with one attached hydrogen (secondary N) is 1. The van der Waals surface area contributed by atoms with Gasteiger partial charge in [-0.3, -0.25) is 9.59 Å². The second kappa shape index (κ2) is 5.36. The summed E-state index contributed by atoms with van der Waals surface area (Å²) in [6.07, 6.45) is 4.43. The molecule has 0 bridgehead atoms. The largest absolute Gasteiger partial charge is 0.351 e. The molecule has 2 heterocycles. The van der Waals surface area contributed by atoms with Gasteiger partial charge < -0.3 is 10.2 Å². The first-order valence-electron chi connectivity index (χ1n) is 10.4. The van der Waals surface area contributed by atoms with Gasteiger partial charge in [-0.15, -0.1) is 0 Å². The third-order valence-corrected chi connectivity index (χ3v) is 7.64. The lowest BCUT2D eigenvalue weighted by Gasteiger charge is -2.45. The Morgan fingerprint density at radius 1 is 1.15 bits per heavy atom. The number of carbonyl (C=O) groups is 2. The van der Waals surface area contributed by atoms with E-state index >= 15 is 0 Å². The third-order valence-electron chi connectivity index (χ3n) is 7.64. The van der Waals surface area contributed by atoms with Crippen molar-refractivity contribution in [2.75, 3.05) is 13.1 Å². The molecule has 1 N–H and O–H groups in total. The summed E-state index contributed by atoms with van der Waals surface area (Å²) in [7, 11) is 0. The minimum Gasteiger partial charge on any atom is -0.351 e. The highest BCUT2D eigenvalue weighted by Crippen LogP contribution is 2.59. The number of carbonyl (C=O) groups excluding carboxylic acids is 2. The lowest BCUT2D eigenvalue weighted by atomic mass is 9.67. The predicted octanol–water partition coefficient (Wildman–Crippen LogP) is 3.14. The monoisotopic (exact) mass is 366 g/mol. The van der Waals surface area contributed by atoms with Gasteiger partial charge >= 0.3 is 0 Å². The zero-order valence-electron chi connectivity index (χ0n) is 16.7. The van der Waals surface area contributed by atoms with E-state index in [4.69, 9.17) is 0 Å².